The lowest BCUT2D eigenvalue weighted by Crippen LogP contribution is -2.34. The van der Waals surface area contributed by atoms with Gasteiger partial charge in [0.25, 0.3) is 0 Å². The van der Waals surface area contributed by atoms with Crippen LogP contribution >= 0.6 is 0 Å². The highest BCUT2D eigenvalue weighted by Crippen LogP contribution is 2.35. The summed E-state index contributed by atoms with van der Waals surface area (Å²) in [4.78, 5) is 10.1. The van der Waals surface area contributed by atoms with Crippen molar-refractivity contribution in [1.29, 1.82) is 0 Å². The second-order valence-corrected chi connectivity index (χ2v) is 5.84. The van der Waals surface area contributed by atoms with E-state index in [0.717, 1.165) is 37.2 Å². The van der Waals surface area contributed by atoms with E-state index in [-0.39, 0.29) is 0 Å². The molecule has 0 spiro atoms. The molecule has 0 aromatic heterocycles. The van der Waals surface area contributed by atoms with Crippen molar-refractivity contribution in [3.05, 3.63) is 0 Å². The van der Waals surface area contributed by atoms with Crippen LogP contribution in [0.25, 0.3) is 0 Å². The third-order valence-electron chi connectivity index (χ3n) is 3.97. The summed E-state index contributed by atoms with van der Waals surface area (Å²) in [6, 6.07) is 0. The summed E-state index contributed by atoms with van der Waals surface area (Å²) in [6.45, 7) is 7.74. The van der Waals surface area contributed by atoms with Crippen LogP contribution < -0.4 is 0 Å². The quantitative estimate of drug-likeness (QED) is 0.633. The molecule has 1 radical (unpaired) electrons. The largest absolute Gasteiger partial charge is 0.378 e. The zero-order chi connectivity index (χ0) is 12.7. The number of hydrogen-bond acceptors (Lipinski definition) is 2. The first-order valence-corrected chi connectivity index (χ1v) is 7.11. The third kappa shape index (κ3) is 5.20. The second-order valence-electron chi connectivity index (χ2n) is 5.84. The molecule has 0 aromatic rings. The molecule has 0 saturated heterocycles. The summed E-state index contributed by atoms with van der Waals surface area (Å²) >= 11 is 0. The molecule has 2 heteroatoms. The Morgan fingerprint density at radius 2 is 2.06 bits per heavy atom. The topological polar surface area (TPSA) is 26.3 Å². The van der Waals surface area contributed by atoms with E-state index in [1.54, 1.807) is 0 Å². The van der Waals surface area contributed by atoms with Gasteiger partial charge in [0.05, 0.1) is 6.10 Å². The van der Waals surface area contributed by atoms with E-state index in [2.05, 4.69) is 20.8 Å². The fourth-order valence-electron chi connectivity index (χ4n) is 2.84. The summed E-state index contributed by atoms with van der Waals surface area (Å²) in [5.41, 5.74) is 0. The Balaban J connectivity index is 2.28. The first kappa shape index (κ1) is 14.7. The Bertz CT molecular complexity index is 213. The van der Waals surface area contributed by atoms with Crippen LogP contribution in [0.1, 0.15) is 59.3 Å². The molecule has 1 aliphatic carbocycles. The summed E-state index contributed by atoms with van der Waals surface area (Å²) in [5.74, 6) is 2.25. The molecule has 0 aliphatic heterocycles. The van der Waals surface area contributed by atoms with Crippen molar-refractivity contribution in [2.75, 3.05) is 6.61 Å². The molecule has 17 heavy (non-hydrogen) atoms. The maximum absolute atomic E-state index is 10.1. The van der Waals surface area contributed by atoms with Crippen LogP contribution in [0.15, 0.2) is 0 Å². The molecule has 1 saturated carbocycles. The van der Waals surface area contributed by atoms with Gasteiger partial charge in [-0.2, -0.15) is 0 Å². The lowest BCUT2D eigenvalue weighted by atomic mass is 9.75. The summed E-state index contributed by atoms with van der Waals surface area (Å²) in [7, 11) is 0. The van der Waals surface area contributed by atoms with Crippen LogP contribution in [-0.2, 0) is 9.53 Å². The van der Waals surface area contributed by atoms with Crippen molar-refractivity contribution in [3.8, 4) is 0 Å². The zero-order valence-electron chi connectivity index (χ0n) is 11.6. The molecule has 99 valence electrons. The molecule has 1 rings (SSSR count). The molecule has 3 atom stereocenters. The zero-order valence-corrected chi connectivity index (χ0v) is 11.6. The molecule has 0 amide bonds. The van der Waals surface area contributed by atoms with E-state index in [9.17, 15) is 4.79 Å². The standard InChI is InChI=1S/C15H27O2/c1-12(2)14-8-7-13(3)11-15(14)17-10-6-4-5-9-16/h12-15H,4-8,10-11H2,1-3H3. The Morgan fingerprint density at radius 1 is 1.29 bits per heavy atom. The molecular weight excluding hydrogens is 212 g/mol. The number of rotatable bonds is 7. The SMILES string of the molecule is CC1CCC(C(C)C)C(OCCCC[C]=O)C1. The van der Waals surface area contributed by atoms with Gasteiger partial charge in [0.1, 0.15) is 0 Å². The Labute approximate surface area is 106 Å². The lowest BCUT2D eigenvalue weighted by Gasteiger charge is -2.37. The van der Waals surface area contributed by atoms with Gasteiger partial charge in [0, 0.05) is 13.0 Å². The first-order chi connectivity index (χ1) is 8.15. The molecule has 0 bridgehead atoms. The number of unbranched alkanes of at least 4 members (excludes halogenated alkanes) is 2. The minimum absolute atomic E-state index is 0.443. The van der Waals surface area contributed by atoms with Crippen LogP contribution in [0, 0.1) is 17.8 Å². The van der Waals surface area contributed by atoms with E-state index in [4.69, 9.17) is 4.74 Å². The van der Waals surface area contributed by atoms with Crippen molar-refractivity contribution < 1.29 is 9.53 Å². The van der Waals surface area contributed by atoms with Crippen LogP contribution in [-0.4, -0.2) is 19.0 Å². The highest BCUT2D eigenvalue weighted by Gasteiger charge is 2.30. The minimum atomic E-state index is 0.443. The van der Waals surface area contributed by atoms with E-state index in [1.807, 2.05) is 6.29 Å². The normalized spacial score (nSPS) is 29.5. The molecule has 1 fully saturated rings. The summed E-state index contributed by atoms with van der Waals surface area (Å²) in [5, 5.41) is 0. The highest BCUT2D eigenvalue weighted by atomic mass is 16.5. The predicted octanol–water partition coefficient (Wildman–Crippen LogP) is 3.74. The van der Waals surface area contributed by atoms with Gasteiger partial charge >= 0.3 is 0 Å². The van der Waals surface area contributed by atoms with Crippen LogP contribution in [0.2, 0.25) is 0 Å². The summed E-state index contributed by atoms with van der Waals surface area (Å²) in [6.07, 6.45) is 8.71. The summed E-state index contributed by atoms with van der Waals surface area (Å²) < 4.78 is 6.04. The third-order valence-corrected chi connectivity index (χ3v) is 3.97. The first-order valence-electron chi connectivity index (χ1n) is 7.11. The van der Waals surface area contributed by atoms with Crippen LogP contribution in [0.3, 0.4) is 0 Å². The predicted molar refractivity (Wildman–Crippen MR) is 70.6 cm³/mol. The maximum Gasteiger partial charge on any atom is 0.198 e. The highest BCUT2D eigenvalue weighted by molar-refractivity contribution is 5.50. The van der Waals surface area contributed by atoms with Gasteiger partial charge in [0.2, 0.25) is 0 Å². The van der Waals surface area contributed by atoms with Gasteiger partial charge in [-0.15, -0.1) is 0 Å². The molecule has 3 unspecified atom stereocenters. The van der Waals surface area contributed by atoms with Gasteiger partial charge in [-0.05, 0) is 43.4 Å². The van der Waals surface area contributed by atoms with E-state index >= 15 is 0 Å². The minimum Gasteiger partial charge on any atom is -0.378 e. The Kier molecular flexibility index (Phi) is 6.79. The van der Waals surface area contributed by atoms with Gasteiger partial charge in [-0.3, -0.25) is 4.79 Å². The smallest absolute Gasteiger partial charge is 0.198 e. The van der Waals surface area contributed by atoms with Gasteiger partial charge in [0.15, 0.2) is 6.29 Å². The van der Waals surface area contributed by atoms with Crippen molar-refractivity contribution in [1.82, 2.24) is 0 Å². The van der Waals surface area contributed by atoms with E-state index < -0.39 is 0 Å². The second kappa shape index (κ2) is 7.86. The molecule has 0 heterocycles. The van der Waals surface area contributed by atoms with Crippen molar-refractivity contribution >= 4 is 6.29 Å². The number of hydrogen-bond donors (Lipinski definition) is 0. The fourth-order valence-corrected chi connectivity index (χ4v) is 2.84. The van der Waals surface area contributed by atoms with Crippen molar-refractivity contribution in [2.24, 2.45) is 17.8 Å². The Hall–Kier alpha value is -0.370. The maximum atomic E-state index is 10.1. The van der Waals surface area contributed by atoms with Crippen LogP contribution in [0.4, 0.5) is 0 Å². The lowest BCUT2D eigenvalue weighted by molar-refractivity contribution is -0.0392. The van der Waals surface area contributed by atoms with Gasteiger partial charge in [-0.25, -0.2) is 0 Å². The Morgan fingerprint density at radius 3 is 2.71 bits per heavy atom. The van der Waals surface area contributed by atoms with Crippen molar-refractivity contribution in [2.45, 2.75) is 65.4 Å². The molecule has 0 aromatic carbocycles. The van der Waals surface area contributed by atoms with E-state index in [1.165, 1.54) is 19.3 Å². The van der Waals surface area contributed by atoms with Gasteiger partial charge < -0.3 is 4.74 Å². The van der Waals surface area contributed by atoms with Crippen molar-refractivity contribution in [3.63, 3.8) is 0 Å². The van der Waals surface area contributed by atoms with Gasteiger partial charge in [-0.1, -0.05) is 27.2 Å². The average Bonchev–Trinajstić information content (AvgIpc) is 2.28. The molecule has 1 aliphatic rings. The number of ether oxygens (including phenoxy) is 1. The monoisotopic (exact) mass is 239 g/mol. The van der Waals surface area contributed by atoms with E-state index in [0.29, 0.717) is 12.5 Å². The van der Waals surface area contributed by atoms with Crippen LogP contribution in [0.5, 0.6) is 0 Å². The average molecular weight is 239 g/mol. The molecule has 0 N–H and O–H groups in total. The fraction of sp³-hybridized carbons (Fsp3) is 0.933. The number of carbonyl (C=O) groups excluding carboxylic acids is 1. The molecular formula is C15H27O2. The molecule has 2 nitrogen and oxygen atoms in total.